The van der Waals surface area contributed by atoms with Crippen LogP contribution in [0.15, 0.2) is 53.1 Å². The molecule has 2 heterocycles. The van der Waals surface area contributed by atoms with E-state index in [4.69, 9.17) is 4.42 Å². The van der Waals surface area contributed by atoms with Crippen molar-refractivity contribution < 1.29 is 18.9 Å². The molecule has 0 bridgehead atoms. The van der Waals surface area contributed by atoms with Gasteiger partial charge in [-0.3, -0.25) is 35.7 Å². The molecule has 25 heavy (non-hydrogen) atoms. The topological polar surface area (TPSA) is 143 Å². The molecule has 126 valence electrons. The highest BCUT2D eigenvalue weighted by molar-refractivity contribution is 5.98. The van der Waals surface area contributed by atoms with E-state index in [9.17, 15) is 19.7 Å². The number of benzene rings is 1. The Morgan fingerprint density at radius 2 is 1.84 bits per heavy atom. The number of carbonyl (C=O) groups excluding carboxylic acids is 2. The summed E-state index contributed by atoms with van der Waals surface area (Å²) >= 11 is 0. The molecular formula is C15H11N5O5. The fourth-order valence-electron chi connectivity index (χ4n) is 1.98. The molecule has 0 saturated heterocycles. The lowest BCUT2D eigenvalue weighted by Crippen LogP contribution is -2.41. The van der Waals surface area contributed by atoms with Gasteiger partial charge in [0.25, 0.3) is 17.5 Å². The van der Waals surface area contributed by atoms with Gasteiger partial charge in [0.2, 0.25) is 0 Å². The van der Waals surface area contributed by atoms with Crippen molar-refractivity contribution >= 4 is 17.5 Å². The second kappa shape index (κ2) is 6.66. The first-order chi connectivity index (χ1) is 12.0. The van der Waals surface area contributed by atoms with E-state index >= 15 is 0 Å². The maximum atomic E-state index is 12.0. The number of amides is 2. The number of nitrogens with zero attached hydrogens (tertiary/aromatic N) is 2. The van der Waals surface area contributed by atoms with Gasteiger partial charge in [-0.05, 0) is 24.3 Å². The zero-order chi connectivity index (χ0) is 17.8. The Bertz CT molecular complexity index is 914. The van der Waals surface area contributed by atoms with Gasteiger partial charge in [0, 0.05) is 23.8 Å². The average Bonchev–Trinajstić information content (AvgIpc) is 3.30. The predicted octanol–water partition coefficient (Wildman–Crippen LogP) is 1.65. The largest absolute Gasteiger partial charge is 0.463 e. The van der Waals surface area contributed by atoms with Gasteiger partial charge in [0.05, 0.1) is 11.2 Å². The second-order valence-electron chi connectivity index (χ2n) is 4.86. The van der Waals surface area contributed by atoms with Gasteiger partial charge >= 0.3 is 0 Å². The van der Waals surface area contributed by atoms with Crippen LogP contribution in [0.3, 0.4) is 0 Å². The average molecular weight is 341 g/mol. The number of aromatic nitrogens is 2. The quantitative estimate of drug-likeness (QED) is 0.486. The molecule has 10 nitrogen and oxygen atoms in total. The maximum Gasteiger partial charge on any atom is 0.290 e. The third-order valence-corrected chi connectivity index (χ3v) is 3.23. The van der Waals surface area contributed by atoms with E-state index in [2.05, 4.69) is 21.0 Å². The molecule has 0 aliphatic rings. The lowest BCUT2D eigenvalue weighted by Gasteiger charge is -2.05. The smallest absolute Gasteiger partial charge is 0.290 e. The number of hydrogen-bond acceptors (Lipinski definition) is 6. The van der Waals surface area contributed by atoms with Crippen LogP contribution in [0.25, 0.3) is 11.5 Å². The number of furan rings is 1. The molecule has 0 spiro atoms. The van der Waals surface area contributed by atoms with Gasteiger partial charge in [-0.1, -0.05) is 0 Å². The number of H-pyrrole nitrogens is 1. The number of nitro benzene ring substituents is 1. The molecule has 0 fully saturated rings. The van der Waals surface area contributed by atoms with Crippen molar-refractivity contribution in [3.05, 3.63) is 70.1 Å². The fraction of sp³-hybridized carbons (Fsp3) is 0. The van der Waals surface area contributed by atoms with Crippen LogP contribution in [0, 0.1) is 10.1 Å². The summed E-state index contributed by atoms with van der Waals surface area (Å²) in [5.74, 6) is -0.740. The number of rotatable bonds is 4. The van der Waals surface area contributed by atoms with E-state index in [1.54, 1.807) is 12.1 Å². The molecule has 1 aromatic carbocycles. The van der Waals surface area contributed by atoms with E-state index in [1.807, 2.05) is 0 Å². The van der Waals surface area contributed by atoms with E-state index in [1.165, 1.54) is 36.6 Å². The van der Waals surface area contributed by atoms with Crippen molar-refractivity contribution in [2.75, 3.05) is 0 Å². The molecule has 0 atom stereocenters. The highest BCUT2D eigenvalue weighted by atomic mass is 16.6. The summed E-state index contributed by atoms with van der Waals surface area (Å²) in [7, 11) is 0. The number of nitro groups is 1. The van der Waals surface area contributed by atoms with E-state index < -0.39 is 16.7 Å². The van der Waals surface area contributed by atoms with Gasteiger partial charge in [-0.2, -0.15) is 5.10 Å². The van der Waals surface area contributed by atoms with Crippen molar-refractivity contribution in [2.24, 2.45) is 0 Å². The monoisotopic (exact) mass is 341 g/mol. The molecule has 3 rings (SSSR count). The van der Waals surface area contributed by atoms with Crippen LogP contribution >= 0.6 is 0 Å². The first-order valence-electron chi connectivity index (χ1n) is 6.99. The molecule has 0 radical (unpaired) electrons. The third-order valence-electron chi connectivity index (χ3n) is 3.23. The molecular weight excluding hydrogens is 330 g/mol. The Labute approximate surface area is 140 Å². The summed E-state index contributed by atoms with van der Waals surface area (Å²) in [6.07, 6.45) is 1.49. The Morgan fingerprint density at radius 1 is 1.12 bits per heavy atom. The standard InChI is InChI=1S/C15H11N5O5/c21-14(9-3-5-10(6-4-9)20(23)24)18-19-15(22)12-8-11(16-17-12)13-2-1-7-25-13/h1-8H,(H,16,17)(H,18,21)(H,19,22). The summed E-state index contributed by atoms with van der Waals surface area (Å²) in [5.41, 5.74) is 4.99. The third kappa shape index (κ3) is 3.52. The molecule has 3 N–H and O–H groups in total. The maximum absolute atomic E-state index is 12.0. The van der Waals surface area contributed by atoms with Crippen LogP contribution in [0.2, 0.25) is 0 Å². The van der Waals surface area contributed by atoms with E-state index in [-0.39, 0.29) is 16.9 Å². The van der Waals surface area contributed by atoms with E-state index in [0.717, 1.165) is 0 Å². The van der Waals surface area contributed by atoms with Crippen LogP contribution in [0.5, 0.6) is 0 Å². The number of non-ortho nitro benzene ring substituents is 1. The van der Waals surface area contributed by atoms with Gasteiger partial charge in [-0.15, -0.1) is 0 Å². The highest BCUT2D eigenvalue weighted by Gasteiger charge is 2.14. The first-order valence-corrected chi connectivity index (χ1v) is 6.99. The lowest BCUT2D eigenvalue weighted by molar-refractivity contribution is -0.384. The predicted molar refractivity (Wildman–Crippen MR) is 84.3 cm³/mol. The van der Waals surface area contributed by atoms with Crippen LogP contribution in [-0.4, -0.2) is 26.9 Å². The summed E-state index contributed by atoms with van der Waals surface area (Å²) in [5, 5.41) is 17.0. The molecule has 3 aromatic rings. The number of hydrazine groups is 1. The summed E-state index contributed by atoms with van der Waals surface area (Å²) in [6, 6.07) is 9.81. The molecule has 10 heteroatoms. The lowest BCUT2D eigenvalue weighted by atomic mass is 10.2. The zero-order valence-electron chi connectivity index (χ0n) is 12.6. The molecule has 0 aliphatic heterocycles. The molecule has 0 unspecified atom stereocenters. The number of carbonyl (C=O) groups is 2. The Kier molecular flexibility index (Phi) is 4.24. The molecule has 2 aromatic heterocycles. The Balaban J connectivity index is 1.60. The summed E-state index contributed by atoms with van der Waals surface area (Å²) < 4.78 is 5.17. The van der Waals surface area contributed by atoms with Crippen molar-refractivity contribution in [1.82, 2.24) is 21.0 Å². The van der Waals surface area contributed by atoms with Gasteiger partial charge in [0.1, 0.15) is 5.69 Å². The van der Waals surface area contributed by atoms with Gasteiger partial charge < -0.3 is 4.42 Å². The molecule has 0 aliphatic carbocycles. The van der Waals surface area contributed by atoms with Crippen molar-refractivity contribution in [2.45, 2.75) is 0 Å². The van der Waals surface area contributed by atoms with Crippen LogP contribution < -0.4 is 10.9 Å². The van der Waals surface area contributed by atoms with Gasteiger partial charge in [0.15, 0.2) is 11.5 Å². The van der Waals surface area contributed by atoms with Gasteiger partial charge in [-0.25, -0.2) is 0 Å². The number of nitrogens with one attached hydrogen (secondary N) is 3. The Morgan fingerprint density at radius 3 is 2.48 bits per heavy atom. The summed E-state index contributed by atoms with van der Waals surface area (Å²) in [4.78, 5) is 33.9. The Hall–Kier alpha value is -3.95. The minimum absolute atomic E-state index is 0.0513. The molecule has 2 amide bonds. The summed E-state index contributed by atoms with van der Waals surface area (Å²) in [6.45, 7) is 0. The minimum atomic E-state index is -0.635. The normalized spacial score (nSPS) is 10.2. The van der Waals surface area contributed by atoms with Crippen LogP contribution in [0.1, 0.15) is 20.8 Å². The second-order valence-corrected chi connectivity index (χ2v) is 4.86. The van der Waals surface area contributed by atoms with E-state index in [0.29, 0.717) is 11.5 Å². The van der Waals surface area contributed by atoms with Crippen molar-refractivity contribution in [3.63, 3.8) is 0 Å². The van der Waals surface area contributed by atoms with Crippen molar-refractivity contribution in [1.29, 1.82) is 0 Å². The number of hydrogen-bond donors (Lipinski definition) is 3. The fourth-order valence-corrected chi connectivity index (χ4v) is 1.98. The zero-order valence-corrected chi connectivity index (χ0v) is 12.6. The molecule has 0 saturated carbocycles. The first kappa shape index (κ1) is 15.9. The SMILES string of the molecule is O=C(NNC(=O)c1cc(-c2ccco2)[nH]n1)c1ccc([N+](=O)[O-])cc1. The van der Waals surface area contributed by atoms with Crippen LogP contribution in [0.4, 0.5) is 5.69 Å². The highest BCUT2D eigenvalue weighted by Crippen LogP contribution is 2.17. The minimum Gasteiger partial charge on any atom is -0.463 e. The number of aromatic amines is 1. The van der Waals surface area contributed by atoms with Crippen molar-refractivity contribution in [3.8, 4) is 11.5 Å². The van der Waals surface area contributed by atoms with Crippen LogP contribution in [-0.2, 0) is 0 Å².